The lowest BCUT2D eigenvalue weighted by atomic mass is 10.0. The topological polar surface area (TPSA) is 91.4 Å². The number of nitrogens with zero attached hydrogens (tertiary/aromatic N) is 1. The van der Waals surface area contributed by atoms with Crippen molar-refractivity contribution in [2.75, 3.05) is 27.9 Å². The molecule has 0 bridgehead atoms. The molecule has 0 aromatic heterocycles. The lowest BCUT2D eigenvalue weighted by Gasteiger charge is -2.36. The van der Waals surface area contributed by atoms with Crippen LogP contribution in [0.1, 0.15) is 12.8 Å². The van der Waals surface area contributed by atoms with Crippen molar-refractivity contribution in [2.45, 2.75) is 25.0 Å². The molecule has 0 radical (unpaired) electrons. The lowest BCUT2D eigenvalue weighted by molar-refractivity contribution is -0.148. The zero-order chi connectivity index (χ0) is 14.4. The Bertz CT molecular complexity index is 357. The largest absolute Gasteiger partial charge is 0.508 e. The number of carbonyl (C=O) groups is 3. The molecule has 1 amide bonds. The summed E-state index contributed by atoms with van der Waals surface area (Å²) in [7, 11) is 3.65. The number of esters is 1. The summed E-state index contributed by atoms with van der Waals surface area (Å²) < 4.78 is 18.6. The molecule has 8 nitrogen and oxygen atoms in total. The smallest absolute Gasteiger partial charge is 0.467 e. The number of rotatable bonds is 2. The van der Waals surface area contributed by atoms with Crippen molar-refractivity contribution in [3.8, 4) is 0 Å². The first-order chi connectivity index (χ1) is 9.03. The van der Waals surface area contributed by atoms with Crippen LogP contribution in [0.15, 0.2) is 0 Å². The van der Waals surface area contributed by atoms with Crippen molar-refractivity contribution < 1.29 is 33.3 Å². The van der Waals surface area contributed by atoms with Crippen molar-refractivity contribution in [2.24, 2.45) is 0 Å². The molecule has 108 valence electrons. The van der Waals surface area contributed by atoms with Crippen LogP contribution in [0.4, 0.5) is 9.59 Å². The number of likely N-dealkylation sites (tertiary alicyclic amines) is 1. The van der Waals surface area contributed by atoms with Crippen LogP contribution in [0.25, 0.3) is 0 Å². The second kappa shape index (κ2) is 6.81. The highest BCUT2D eigenvalue weighted by Gasteiger charge is 2.38. The average molecular weight is 275 g/mol. The predicted molar refractivity (Wildman–Crippen MR) is 61.4 cm³/mol. The quantitative estimate of drug-likeness (QED) is 0.536. The van der Waals surface area contributed by atoms with Gasteiger partial charge in [-0.05, 0) is 12.8 Å². The third-order valence-electron chi connectivity index (χ3n) is 2.85. The van der Waals surface area contributed by atoms with E-state index in [0.717, 1.165) is 0 Å². The van der Waals surface area contributed by atoms with Crippen LogP contribution in [0.2, 0.25) is 0 Å². The van der Waals surface area contributed by atoms with E-state index in [1.165, 1.54) is 26.2 Å². The van der Waals surface area contributed by atoms with E-state index in [1.807, 2.05) is 0 Å². The molecule has 8 heteroatoms. The van der Waals surface area contributed by atoms with Gasteiger partial charge in [0, 0.05) is 0 Å². The van der Waals surface area contributed by atoms with E-state index in [9.17, 15) is 14.4 Å². The fourth-order valence-electron chi connectivity index (χ4n) is 1.92. The van der Waals surface area contributed by atoms with Crippen LogP contribution < -0.4 is 0 Å². The van der Waals surface area contributed by atoms with Gasteiger partial charge in [-0.1, -0.05) is 0 Å². The zero-order valence-electron chi connectivity index (χ0n) is 11.1. The Kier molecular flexibility index (Phi) is 5.40. The molecular weight excluding hydrogens is 258 g/mol. The van der Waals surface area contributed by atoms with Crippen molar-refractivity contribution in [1.82, 2.24) is 4.90 Å². The molecule has 1 saturated heterocycles. The van der Waals surface area contributed by atoms with Gasteiger partial charge in [-0.15, -0.1) is 0 Å². The minimum absolute atomic E-state index is 0.0571. The van der Waals surface area contributed by atoms with E-state index in [0.29, 0.717) is 12.8 Å². The maximum absolute atomic E-state index is 11.6. The molecule has 0 aromatic rings. The summed E-state index contributed by atoms with van der Waals surface area (Å²) in [5.41, 5.74) is 0. The molecule has 1 heterocycles. The van der Waals surface area contributed by atoms with Gasteiger partial charge in [0.15, 0.2) is 0 Å². The fourth-order valence-corrected chi connectivity index (χ4v) is 1.92. The highest BCUT2D eigenvalue weighted by atomic mass is 16.7. The zero-order valence-corrected chi connectivity index (χ0v) is 11.1. The van der Waals surface area contributed by atoms with Crippen LogP contribution in [0.3, 0.4) is 0 Å². The van der Waals surface area contributed by atoms with Crippen molar-refractivity contribution >= 4 is 18.2 Å². The van der Waals surface area contributed by atoms with E-state index >= 15 is 0 Å². The Morgan fingerprint density at radius 3 is 2.21 bits per heavy atom. The van der Waals surface area contributed by atoms with E-state index < -0.39 is 30.4 Å². The molecule has 0 unspecified atom stereocenters. The maximum atomic E-state index is 11.6. The number of ether oxygens (including phenoxy) is 4. The minimum Gasteiger partial charge on any atom is -0.467 e. The maximum Gasteiger partial charge on any atom is 0.508 e. The normalized spacial score (nSPS) is 22.4. The third kappa shape index (κ3) is 3.73. The van der Waals surface area contributed by atoms with Crippen LogP contribution in [-0.2, 0) is 23.7 Å². The summed E-state index contributed by atoms with van der Waals surface area (Å²) in [5.74, 6) is -0.526. The molecule has 0 spiro atoms. The van der Waals surface area contributed by atoms with Crippen molar-refractivity contribution in [1.29, 1.82) is 0 Å². The van der Waals surface area contributed by atoms with Gasteiger partial charge in [-0.25, -0.2) is 14.4 Å². The molecule has 1 aliphatic heterocycles. The molecular formula is C11H17NO7. The van der Waals surface area contributed by atoms with Crippen LogP contribution in [0.5, 0.6) is 0 Å². The SMILES string of the molecule is COC(=O)O[C@@H]1CC[C@@H](C(=O)OC)N(C(=O)OC)C1. The van der Waals surface area contributed by atoms with E-state index in [2.05, 4.69) is 14.2 Å². The van der Waals surface area contributed by atoms with E-state index in [4.69, 9.17) is 4.74 Å². The Labute approximate surface area is 110 Å². The number of carbonyl (C=O) groups excluding carboxylic acids is 3. The van der Waals surface area contributed by atoms with Gasteiger partial charge in [-0.2, -0.15) is 0 Å². The number of piperidine rings is 1. The summed E-state index contributed by atoms with van der Waals surface area (Å²) in [4.78, 5) is 35.4. The molecule has 0 saturated carbocycles. The third-order valence-corrected chi connectivity index (χ3v) is 2.85. The molecule has 0 aliphatic carbocycles. The molecule has 19 heavy (non-hydrogen) atoms. The second-order valence-corrected chi connectivity index (χ2v) is 3.93. The van der Waals surface area contributed by atoms with Crippen molar-refractivity contribution in [3.63, 3.8) is 0 Å². The fraction of sp³-hybridized carbons (Fsp3) is 0.727. The van der Waals surface area contributed by atoms with Crippen LogP contribution in [-0.4, -0.2) is 63.1 Å². The van der Waals surface area contributed by atoms with Gasteiger partial charge >= 0.3 is 18.2 Å². The summed E-state index contributed by atoms with van der Waals surface area (Å²) in [5, 5.41) is 0. The standard InChI is InChI=1S/C11H17NO7/c1-16-9(13)8-5-4-7(19-11(15)18-3)6-12(8)10(14)17-2/h7-8H,4-6H2,1-3H3/t7-,8+/m1/s1. The summed E-state index contributed by atoms with van der Waals surface area (Å²) in [6.07, 6.45) is -1.28. The predicted octanol–water partition coefficient (Wildman–Crippen LogP) is 0.542. The lowest BCUT2D eigenvalue weighted by Crippen LogP contribution is -2.53. The van der Waals surface area contributed by atoms with Gasteiger partial charge in [0.2, 0.25) is 0 Å². The Morgan fingerprint density at radius 2 is 1.68 bits per heavy atom. The number of hydrogen-bond acceptors (Lipinski definition) is 7. The first-order valence-corrected chi connectivity index (χ1v) is 5.70. The summed E-state index contributed by atoms with van der Waals surface area (Å²) in [6.45, 7) is 0.0571. The van der Waals surface area contributed by atoms with Gasteiger partial charge in [-0.3, -0.25) is 4.90 Å². The summed E-state index contributed by atoms with van der Waals surface area (Å²) >= 11 is 0. The van der Waals surface area contributed by atoms with Crippen molar-refractivity contribution in [3.05, 3.63) is 0 Å². The van der Waals surface area contributed by atoms with Gasteiger partial charge in [0.25, 0.3) is 0 Å². The minimum atomic E-state index is -0.827. The molecule has 1 aliphatic rings. The van der Waals surface area contributed by atoms with Gasteiger partial charge < -0.3 is 18.9 Å². The summed E-state index contributed by atoms with van der Waals surface area (Å²) in [6, 6.07) is -0.727. The highest BCUT2D eigenvalue weighted by Crippen LogP contribution is 2.21. The average Bonchev–Trinajstić information content (AvgIpc) is 2.45. The van der Waals surface area contributed by atoms with Crippen LogP contribution >= 0.6 is 0 Å². The first kappa shape index (κ1) is 15.1. The Morgan fingerprint density at radius 1 is 1.00 bits per heavy atom. The van der Waals surface area contributed by atoms with E-state index in [1.54, 1.807) is 0 Å². The molecule has 2 atom stereocenters. The highest BCUT2D eigenvalue weighted by molar-refractivity contribution is 5.81. The monoisotopic (exact) mass is 275 g/mol. The molecule has 0 aromatic carbocycles. The van der Waals surface area contributed by atoms with E-state index in [-0.39, 0.29) is 6.54 Å². The second-order valence-electron chi connectivity index (χ2n) is 3.93. The van der Waals surface area contributed by atoms with Gasteiger partial charge in [0.1, 0.15) is 12.1 Å². The Hall–Kier alpha value is -1.99. The number of hydrogen-bond donors (Lipinski definition) is 0. The van der Waals surface area contributed by atoms with Crippen LogP contribution in [0, 0.1) is 0 Å². The number of methoxy groups -OCH3 is 3. The first-order valence-electron chi connectivity index (χ1n) is 5.70. The Balaban J connectivity index is 2.73. The van der Waals surface area contributed by atoms with Gasteiger partial charge in [0.05, 0.1) is 27.9 Å². The number of amides is 1. The molecule has 1 fully saturated rings. The molecule has 1 rings (SSSR count). The molecule has 0 N–H and O–H groups in total.